The van der Waals surface area contributed by atoms with E-state index >= 15 is 0 Å². The van der Waals surface area contributed by atoms with Crippen LogP contribution in [0.5, 0.6) is 5.88 Å². The maximum Gasteiger partial charge on any atom is 0.320 e. The minimum absolute atomic E-state index is 0.415. The fourth-order valence-corrected chi connectivity index (χ4v) is 2.81. The van der Waals surface area contributed by atoms with Crippen molar-refractivity contribution in [2.24, 2.45) is 7.05 Å². The van der Waals surface area contributed by atoms with Crippen LogP contribution < -0.4 is 4.74 Å². The van der Waals surface area contributed by atoms with Crippen molar-refractivity contribution in [3.05, 3.63) is 11.3 Å². The Hall–Kier alpha value is -1.60. The molecule has 0 aliphatic carbocycles. The molecule has 2 heterocycles. The molecule has 0 spiro atoms. The maximum absolute atomic E-state index is 11.0. The zero-order valence-electron chi connectivity index (χ0n) is 13.2. The van der Waals surface area contributed by atoms with E-state index in [1.54, 1.807) is 18.7 Å². The van der Waals surface area contributed by atoms with Gasteiger partial charge in [0, 0.05) is 39.8 Å². The standard InChI is InChI=1S/C14H24N4O3/c1-10-12(13(21-4)16(3)15-10)9-17-5-7-18(8-6-17)11(2)14(19)20/h11H,5-9H2,1-4H3,(H,19,20). The highest BCUT2D eigenvalue weighted by Crippen LogP contribution is 2.23. The average Bonchev–Trinajstić information content (AvgIpc) is 2.72. The molecule has 0 bridgehead atoms. The first-order valence-electron chi connectivity index (χ1n) is 7.19. The van der Waals surface area contributed by atoms with E-state index in [-0.39, 0.29) is 0 Å². The summed E-state index contributed by atoms with van der Waals surface area (Å²) in [5.74, 6) is 0.0436. The molecule has 1 aliphatic rings. The van der Waals surface area contributed by atoms with Gasteiger partial charge in [0.25, 0.3) is 0 Å². The van der Waals surface area contributed by atoms with Gasteiger partial charge in [-0.3, -0.25) is 14.6 Å². The van der Waals surface area contributed by atoms with Gasteiger partial charge in [-0.2, -0.15) is 5.10 Å². The number of carboxylic acid groups (broad SMARTS) is 1. The third kappa shape index (κ3) is 3.36. The molecule has 0 saturated carbocycles. The predicted octanol–water partition coefficient (Wildman–Crippen LogP) is 0.328. The Kier molecular flexibility index (Phi) is 4.84. The number of carbonyl (C=O) groups is 1. The third-order valence-corrected chi connectivity index (χ3v) is 4.18. The fourth-order valence-electron chi connectivity index (χ4n) is 2.81. The van der Waals surface area contributed by atoms with E-state index in [1.807, 2.05) is 18.9 Å². The molecule has 1 unspecified atom stereocenters. The van der Waals surface area contributed by atoms with E-state index in [4.69, 9.17) is 9.84 Å². The van der Waals surface area contributed by atoms with E-state index in [2.05, 4.69) is 10.00 Å². The Balaban J connectivity index is 1.97. The second-order valence-corrected chi connectivity index (χ2v) is 5.52. The number of hydrogen-bond donors (Lipinski definition) is 1. The predicted molar refractivity (Wildman–Crippen MR) is 78.4 cm³/mol. The number of carboxylic acids is 1. The molecule has 0 radical (unpaired) electrons. The van der Waals surface area contributed by atoms with Crippen molar-refractivity contribution in [1.82, 2.24) is 19.6 Å². The molecule has 1 fully saturated rings. The second-order valence-electron chi connectivity index (χ2n) is 5.52. The van der Waals surface area contributed by atoms with Crippen LogP contribution in [-0.2, 0) is 18.4 Å². The normalized spacial score (nSPS) is 18.7. The van der Waals surface area contributed by atoms with Crippen LogP contribution in [0.1, 0.15) is 18.2 Å². The number of nitrogens with zero attached hydrogens (tertiary/aromatic N) is 4. The Morgan fingerprint density at radius 2 is 2.00 bits per heavy atom. The van der Waals surface area contributed by atoms with Crippen molar-refractivity contribution < 1.29 is 14.6 Å². The van der Waals surface area contributed by atoms with E-state index in [0.29, 0.717) is 0 Å². The summed E-state index contributed by atoms with van der Waals surface area (Å²) >= 11 is 0. The van der Waals surface area contributed by atoms with Gasteiger partial charge < -0.3 is 9.84 Å². The first-order chi connectivity index (χ1) is 9.93. The Bertz CT molecular complexity index is 507. The first-order valence-corrected chi connectivity index (χ1v) is 7.19. The molecule has 1 aromatic rings. The van der Waals surface area contributed by atoms with Gasteiger partial charge >= 0.3 is 5.97 Å². The van der Waals surface area contributed by atoms with Gasteiger partial charge in [0.1, 0.15) is 6.04 Å². The van der Waals surface area contributed by atoms with Gasteiger partial charge in [0.15, 0.2) is 0 Å². The molecule has 1 atom stereocenters. The van der Waals surface area contributed by atoms with E-state index < -0.39 is 12.0 Å². The molecule has 7 nitrogen and oxygen atoms in total. The summed E-state index contributed by atoms with van der Waals surface area (Å²) in [5.41, 5.74) is 2.09. The number of aryl methyl sites for hydroxylation is 2. The van der Waals surface area contributed by atoms with Crippen molar-refractivity contribution in [1.29, 1.82) is 0 Å². The number of methoxy groups -OCH3 is 1. The number of rotatable bonds is 5. The fraction of sp³-hybridized carbons (Fsp3) is 0.714. The highest BCUT2D eigenvalue weighted by Gasteiger charge is 2.26. The molecule has 7 heteroatoms. The van der Waals surface area contributed by atoms with Gasteiger partial charge in [-0.05, 0) is 13.8 Å². The zero-order valence-corrected chi connectivity index (χ0v) is 13.2. The van der Waals surface area contributed by atoms with Crippen LogP contribution in [0.15, 0.2) is 0 Å². The molecule has 0 amide bonds. The van der Waals surface area contributed by atoms with Crippen LogP contribution in [0, 0.1) is 6.92 Å². The lowest BCUT2D eigenvalue weighted by atomic mass is 10.2. The van der Waals surface area contributed by atoms with Crippen molar-refractivity contribution >= 4 is 5.97 Å². The van der Waals surface area contributed by atoms with Gasteiger partial charge in [-0.1, -0.05) is 0 Å². The Labute approximate surface area is 125 Å². The molecule has 1 saturated heterocycles. The van der Waals surface area contributed by atoms with Gasteiger partial charge in [-0.15, -0.1) is 0 Å². The lowest BCUT2D eigenvalue weighted by molar-refractivity contribution is -0.143. The number of aliphatic carboxylic acids is 1. The van der Waals surface area contributed by atoms with Crippen LogP contribution in [0.3, 0.4) is 0 Å². The zero-order chi connectivity index (χ0) is 15.6. The number of ether oxygens (including phenoxy) is 1. The summed E-state index contributed by atoms with van der Waals surface area (Å²) < 4.78 is 7.17. The Morgan fingerprint density at radius 3 is 2.52 bits per heavy atom. The van der Waals surface area contributed by atoms with Crippen molar-refractivity contribution in [3.8, 4) is 5.88 Å². The van der Waals surface area contributed by atoms with Crippen LogP contribution in [0.2, 0.25) is 0 Å². The highest BCUT2D eigenvalue weighted by molar-refractivity contribution is 5.72. The van der Waals surface area contributed by atoms with E-state index in [0.717, 1.165) is 49.9 Å². The van der Waals surface area contributed by atoms with Crippen molar-refractivity contribution in [2.75, 3.05) is 33.3 Å². The minimum atomic E-state index is -0.756. The summed E-state index contributed by atoms with van der Waals surface area (Å²) in [4.78, 5) is 15.3. The molecule has 118 valence electrons. The monoisotopic (exact) mass is 296 g/mol. The average molecular weight is 296 g/mol. The summed E-state index contributed by atoms with van der Waals surface area (Å²) in [6, 6.07) is -0.415. The second kappa shape index (κ2) is 6.44. The SMILES string of the molecule is COc1c(CN2CCN(C(C)C(=O)O)CC2)c(C)nn1C. The summed E-state index contributed by atoms with van der Waals surface area (Å²) in [7, 11) is 3.54. The largest absolute Gasteiger partial charge is 0.481 e. The topological polar surface area (TPSA) is 70.8 Å². The summed E-state index contributed by atoms with van der Waals surface area (Å²) in [6.07, 6.45) is 0. The third-order valence-electron chi connectivity index (χ3n) is 4.18. The van der Waals surface area contributed by atoms with E-state index in [1.165, 1.54) is 0 Å². The Morgan fingerprint density at radius 1 is 1.38 bits per heavy atom. The van der Waals surface area contributed by atoms with Crippen molar-refractivity contribution in [2.45, 2.75) is 26.4 Å². The maximum atomic E-state index is 11.0. The molecule has 21 heavy (non-hydrogen) atoms. The number of aromatic nitrogens is 2. The molecule has 1 aromatic heterocycles. The summed E-state index contributed by atoms with van der Waals surface area (Å²) in [6.45, 7) is 7.78. The molecule has 1 aliphatic heterocycles. The van der Waals surface area contributed by atoms with Crippen LogP contribution in [0.25, 0.3) is 0 Å². The number of hydrogen-bond acceptors (Lipinski definition) is 5. The van der Waals surface area contributed by atoms with Gasteiger partial charge in [0.05, 0.1) is 18.4 Å². The van der Waals surface area contributed by atoms with E-state index in [9.17, 15) is 4.79 Å². The minimum Gasteiger partial charge on any atom is -0.481 e. The van der Waals surface area contributed by atoms with Crippen LogP contribution in [-0.4, -0.2) is 70.0 Å². The molecular formula is C14H24N4O3. The van der Waals surface area contributed by atoms with Gasteiger partial charge in [0.2, 0.25) is 5.88 Å². The number of piperazine rings is 1. The molecular weight excluding hydrogens is 272 g/mol. The molecule has 2 rings (SSSR count). The summed E-state index contributed by atoms with van der Waals surface area (Å²) in [5, 5.41) is 13.5. The van der Waals surface area contributed by atoms with Crippen LogP contribution >= 0.6 is 0 Å². The molecule has 1 N–H and O–H groups in total. The van der Waals surface area contributed by atoms with Crippen molar-refractivity contribution in [3.63, 3.8) is 0 Å². The highest BCUT2D eigenvalue weighted by atomic mass is 16.5. The quantitative estimate of drug-likeness (QED) is 0.844. The first kappa shape index (κ1) is 15.8. The lowest BCUT2D eigenvalue weighted by Crippen LogP contribution is -2.51. The van der Waals surface area contributed by atoms with Crippen LogP contribution in [0.4, 0.5) is 0 Å². The smallest absolute Gasteiger partial charge is 0.320 e. The lowest BCUT2D eigenvalue weighted by Gasteiger charge is -2.36. The molecule has 0 aromatic carbocycles. The van der Waals surface area contributed by atoms with Gasteiger partial charge in [-0.25, -0.2) is 4.68 Å².